The second-order valence-corrected chi connectivity index (χ2v) is 9.63. The first kappa shape index (κ1) is 24.9. The minimum absolute atomic E-state index is 0.0255. The first-order valence-corrected chi connectivity index (χ1v) is 12.3. The summed E-state index contributed by atoms with van der Waals surface area (Å²) in [5.41, 5.74) is 3.43. The molecule has 0 radical (unpaired) electrons. The van der Waals surface area contributed by atoms with Gasteiger partial charge in [0, 0.05) is 38.1 Å². The van der Waals surface area contributed by atoms with E-state index in [9.17, 15) is 14.7 Å². The smallest absolute Gasteiger partial charge is 0.259 e. The van der Waals surface area contributed by atoms with Crippen molar-refractivity contribution in [2.75, 3.05) is 26.7 Å². The monoisotopic (exact) mass is 478 g/mol. The van der Waals surface area contributed by atoms with Crippen molar-refractivity contribution in [3.05, 3.63) is 59.6 Å². The largest absolute Gasteiger partial charge is 0.472 e. The van der Waals surface area contributed by atoms with Gasteiger partial charge in [-0.2, -0.15) is 0 Å². The molecular weight excluding hydrogens is 444 g/mol. The Morgan fingerprint density at radius 1 is 1.34 bits per heavy atom. The lowest BCUT2D eigenvalue weighted by Crippen LogP contribution is -2.50. The van der Waals surface area contributed by atoms with Gasteiger partial charge >= 0.3 is 0 Å². The van der Waals surface area contributed by atoms with Gasteiger partial charge in [-0.15, -0.1) is 0 Å². The second-order valence-electron chi connectivity index (χ2n) is 9.63. The molecule has 2 amide bonds. The number of carbonyl (C=O) groups excluding carboxylic acids is 2. The lowest BCUT2D eigenvalue weighted by molar-refractivity contribution is -0.130. The van der Waals surface area contributed by atoms with Crippen LogP contribution in [0.5, 0.6) is 5.88 Å². The van der Waals surface area contributed by atoms with E-state index in [1.54, 1.807) is 35.4 Å². The standard InChI is InChI=1S/C27H34N4O4/c1-18-15-31(19(2)17-32)27(34)23-13-22(21-6-4-5-7-21)14-29-26(23)35-24(18)16-30(3)25(33)12-20-8-10-28-11-9-20/h6,8-11,13-14,18-19,24,32H,4-5,7,12,15-17H2,1-3H3/t18-,19-,24+/m0/s1. The number of aliphatic hydroxyl groups excluding tert-OH is 1. The fourth-order valence-electron chi connectivity index (χ4n) is 4.61. The maximum Gasteiger partial charge on any atom is 0.259 e. The van der Waals surface area contributed by atoms with Gasteiger partial charge in [-0.05, 0) is 61.1 Å². The topological polar surface area (TPSA) is 95.9 Å². The summed E-state index contributed by atoms with van der Waals surface area (Å²) in [5.74, 6) is -0.0281. The first-order chi connectivity index (χ1) is 16.9. The van der Waals surface area contributed by atoms with Gasteiger partial charge in [-0.25, -0.2) is 4.98 Å². The van der Waals surface area contributed by atoms with Gasteiger partial charge in [0.2, 0.25) is 11.8 Å². The Bertz CT molecular complexity index is 1090. The van der Waals surface area contributed by atoms with E-state index in [0.717, 1.165) is 30.4 Å². The minimum Gasteiger partial charge on any atom is -0.472 e. The van der Waals surface area contributed by atoms with Gasteiger partial charge in [0.1, 0.15) is 11.7 Å². The molecule has 3 atom stereocenters. The number of aromatic nitrogens is 2. The van der Waals surface area contributed by atoms with E-state index < -0.39 is 0 Å². The van der Waals surface area contributed by atoms with Gasteiger partial charge in [-0.1, -0.05) is 13.0 Å². The highest BCUT2D eigenvalue weighted by Gasteiger charge is 2.35. The van der Waals surface area contributed by atoms with E-state index in [2.05, 4.69) is 16.0 Å². The Hall–Kier alpha value is -3.26. The molecule has 0 aromatic carbocycles. The third kappa shape index (κ3) is 5.70. The quantitative estimate of drug-likeness (QED) is 0.657. The van der Waals surface area contributed by atoms with Crippen LogP contribution in [0.1, 0.15) is 54.6 Å². The summed E-state index contributed by atoms with van der Waals surface area (Å²) in [5, 5.41) is 9.85. The number of carbonyl (C=O) groups is 2. The molecule has 35 heavy (non-hydrogen) atoms. The Labute approximate surface area is 206 Å². The van der Waals surface area contributed by atoms with E-state index >= 15 is 0 Å². The SMILES string of the molecule is C[C@H]1CN([C@@H](C)CO)C(=O)c2cc(C3=CCCC3)cnc2O[C@@H]1CN(C)C(=O)Cc1ccncc1. The number of hydrogen-bond acceptors (Lipinski definition) is 6. The van der Waals surface area contributed by atoms with Crippen LogP contribution < -0.4 is 4.74 Å². The molecular formula is C27H34N4O4. The average Bonchev–Trinajstić information content (AvgIpc) is 3.41. The van der Waals surface area contributed by atoms with Crippen molar-refractivity contribution in [1.29, 1.82) is 0 Å². The molecule has 2 aliphatic rings. The fraction of sp³-hybridized carbons (Fsp3) is 0.481. The van der Waals surface area contributed by atoms with Gasteiger partial charge in [0.05, 0.1) is 25.6 Å². The lowest BCUT2D eigenvalue weighted by atomic mass is 9.99. The normalized spacial score (nSPS) is 20.9. The Morgan fingerprint density at radius 2 is 2.11 bits per heavy atom. The minimum atomic E-state index is -0.370. The summed E-state index contributed by atoms with van der Waals surface area (Å²) in [7, 11) is 1.77. The summed E-state index contributed by atoms with van der Waals surface area (Å²) in [6, 6.07) is 5.18. The van der Waals surface area contributed by atoms with Crippen molar-refractivity contribution in [2.24, 2.45) is 5.92 Å². The predicted octanol–water partition coefficient (Wildman–Crippen LogP) is 2.97. The number of rotatable bonds is 7. The number of fused-ring (bicyclic) bond motifs is 1. The molecule has 2 aromatic rings. The third-order valence-corrected chi connectivity index (χ3v) is 6.92. The van der Waals surface area contributed by atoms with Crippen LogP contribution in [0.15, 0.2) is 42.9 Å². The Kier molecular flexibility index (Phi) is 7.80. The van der Waals surface area contributed by atoms with Crippen molar-refractivity contribution in [3.63, 3.8) is 0 Å². The number of amides is 2. The molecule has 0 unspecified atom stereocenters. The van der Waals surface area contributed by atoms with Crippen LogP contribution in [0, 0.1) is 5.92 Å². The van der Waals surface area contributed by atoms with E-state index in [1.807, 2.05) is 32.0 Å². The molecule has 8 nitrogen and oxygen atoms in total. The number of aliphatic hydroxyl groups is 1. The fourth-order valence-corrected chi connectivity index (χ4v) is 4.61. The van der Waals surface area contributed by atoms with Crippen LogP contribution in [0.25, 0.3) is 5.57 Å². The van der Waals surface area contributed by atoms with E-state index in [4.69, 9.17) is 4.74 Å². The van der Waals surface area contributed by atoms with Crippen LogP contribution in [0.3, 0.4) is 0 Å². The molecule has 0 saturated heterocycles. The van der Waals surface area contributed by atoms with Crippen LogP contribution in [-0.2, 0) is 11.2 Å². The zero-order chi connectivity index (χ0) is 24.9. The van der Waals surface area contributed by atoms with Gasteiger partial charge in [-0.3, -0.25) is 14.6 Å². The van der Waals surface area contributed by atoms with Crippen LogP contribution in [0.2, 0.25) is 0 Å². The highest BCUT2D eigenvalue weighted by Crippen LogP contribution is 2.32. The van der Waals surface area contributed by atoms with Crippen LogP contribution in [0.4, 0.5) is 0 Å². The van der Waals surface area contributed by atoms with E-state index in [0.29, 0.717) is 18.7 Å². The van der Waals surface area contributed by atoms with Gasteiger partial charge in [0.25, 0.3) is 5.91 Å². The molecule has 1 N–H and O–H groups in total. The van der Waals surface area contributed by atoms with Crippen molar-refractivity contribution in [3.8, 4) is 5.88 Å². The summed E-state index contributed by atoms with van der Waals surface area (Å²) < 4.78 is 6.33. The third-order valence-electron chi connectivity index (χ3n) is 6.92. The summed E-state index contributed by atoms with van der Waals surface area (Å²) in [6.45, 7) is 4.46. The highest BCUT2D eigenvalue weighted by molar-refractivity contribution is 5.97. The highest BCUT2D eigenvalue weighted by atomic mass is 16.5. The molecule has 8 heteroatoms. The van der Waals surface area contributed by atoms with Crippen molar-refractivity contribution in [2.45, 2.75) is 51.7 Å². The summed E-state index contributed by atoms with van der Waals surface area (Å²) in [6.07, 6.45) is 10.3. The van der Waals surface area contributed by atoms with Crippen molar-refractivity contribution in [1.82, 2.24) is 19.8 Å². The lowest BCUT2D eigenvalue weighted by Gasteiger charge is -2.37. The predicted molar refractivity (Wildman–Crippen MR) is 133 cm³/mol. The second kappa shape index (κ2) is 11.0. The number of allylic oxidation sites excluding steroid dienone is 2. The molecule has 0 bridgehead atoms. The molecule has 1 aliphatic heterocycles. The summed E-state index contributed by atoms with van der Waals surface area (Å²) in [4.78, 5) is 38.4. The van der Waals surface area contributed by atoms with Gasteiger partial charge in [0.15, 0.2) is 0 Å². The van der Waals surface area contributed by atoms with Crippen molar-refractivity contribution < 1.29 is 19.4 Å². The number of ether oxygens (including phenoxy) is 1. The summed E-state index contributed by atoms with van der Waals surface area (Å²) >= 11 is 0. The molecule has 186 valence electrons. The first-order valence-electron chi connectivity index (χ1n) is 12.3. The molecule has 3 heterocycles. The Balaban J connectivity index is 1.60. The van der Waals surface area contributed by atoms with E-state index in [-0.39, 0.29) is 48.8 Å². The van der Waals surface area contributed by atoms with Gasteiger partial charge < -0.3 is 19.6 Å². The molecule has 4 rings (SSSR count). The molecule has 0 spiro atoms. The average molecular weight is 479 g/mol. The van der Waals surface area contributed by atoms with E-state index in [1.165, 1.54) is 5.57 Å². The van der Waals surface area contributed by atoms with Crippen LogP contribution >= 0.6 is 0 Å². The number of pyridine rings is 2. The van der Waals surface area contributed by atoms with Crippen LogP contribution in [-0.4, -0.2) is 75.6 Å². The Morgan fingerprint density at radius 3 is 2.80 bits per heavy atom. The molecule has 2 aromatic heterocycles. The maximum atomic E-state index is 13.5. The molecule has 0 saturated carbocycles. The molecule has 0 fully saturated rings. The van der Waals surface area contributed by atoms with Crippen molar-refractivity contribution >= 4 is 17.4 Å². The molecule has 1 aliphatic carbocycles. The zero-order valence-corrected chi connectivity index (χ0v) is 20.7. The zero-order valence-electron chi connectivity index (χ0n) is 20.7. The number of hydrogen-bond donors (Lipinski definition) is 1. The number of nitrogens with zero attached hydrogens (tertiary/aromatic N) is 4. The maximum absolute atomic E-state index is 13.5. The number of likely N-dealkylation sites (N-methyl/N-ethyl adjacent to an activating group) is 1.